The lowest BCUT2D eigenvalue weighted by Gasteiger charge is -2.15. The topological polar surface area (TPSA) is 60.4 Å². The van der Waals surface area contributed by atoms with Gasteiger partial charge in [-0.1, -0.05) is 24.3 Å². The zero-order valence-electron chi connectivity index (χ0n) is 16.8. The largest absolute Gasteiger partial charge is 0.493 e. The molecule has 2 aromatic rings. The molecule has 7 heteroatoms. The summed E-state index contributed by atoms with van der Waals surface area (Å²) >= 11 is 1.36. The first kappa shape index (κ1) is 21.0. The molecule has 0 saturated carbocycles. The van der Waals surface area contributed by atoms with Gasteiger partial charge in [-0.25, -0.2) is 4.99 Å². The number of amides is 1. The Kier molecular flexibility index (Phi) is 7.32. The van der Waals surface area contributed by atoms with E-state index in [9.17, 15) is 4.79 Å². The van der Waals surface area contributed by atoms with Crippen molar-refractivity contribution in [3.8, 4) is 11.5 Å². The molecular formula is C22H24N2O4S. The molecule has 0 N–H and O–H groups in total. The van der Waals surface area contributed by atoms with Crippen LogP contribution in [-0.4, -0.2) is 50.0 Å². The number of amidine groups is 1. The Morgan fingerprint density at radius 3 is 2.52 bits per heavy atom. The number of aliphatic imine (C=N–C) groups is 1. The van der Waals surface area contributed by atoms with E-state index in [-0.39, 0.29) is 5.91 Å². The zero-order valence-corrected chi connectivity index (χ0v) is 17.6. The molecule has 0 aliphatic carbocycles. The van der Waals surface area contributed by atoms with E-state index < -0.39 is 0 Å². The number of carbonyl (C=O) groups excluding carboxylic acids is 1. The minimum absolute atomic E-state index is 0.0841. The van der Waals surface area contributed by atoms with Gasteiger partial charge in [-0.3, -0.25) is 9.69 Å². The van der Waals surface area contributed by atoms with E-state index in [1.807, 2.05) is 61.5 Å². The average Bonchev–Trinajstić information content (AvgIpc) is 3.03. The van der Waals surface area contributed by atoms with Crippen LogP contribution in [0, 0.1) is 0 Å². The summed E-state index contributed by atoms with van der Waals surface area (Å²) in [6.07, 6.45) is 1.84. The quantitative estimate of drug-likeness (QED) is 0.477. The van der Waals surface area contributed by atoms with E-state index >= 15 is 0 Å². The van der Waals surface area contributed by atoms with Crippen molar-refractivity contribution in [3.05, 3.63) is 59.0 Å². The number of ether oxygens (including phenoxy) is 3. The standard InChI is InChI=1S/C22H24N2O4S/c1-4-28-13-12-24-21(25)20(29-22(24)23-17-8-6-5-7-9-17)15-16-10-11-18(26-2)19(14-16)27-3/h5-11,14-15H,4,12-13H2,1-3H3/b20-15-,23-22?. The van der Waals surface area contributed by atoms with Gasteiger partial charge in [-0.15, -0.1) is 0 Å². The highest BCUT2D eigenvalue weighted by molar-refractivity contribution is 8.18. The van der Waals surface area contributed by atoms with Crippen LogP contribution in [0.15, 0.2) is 58.4 Å². The third-order valence-electron chi connectivity index (χ3n) is 4.24. The summed E-state index contributed by atoms with van der Waals surface area (Å²) in [5.41, 5.74) is 1.65. The number of carbonyl (C=O) groups is 1. The fraction of sp³-hybridized carbons (Fsp3) is 0.273. The van der Waals surface area contributed by atoms with Gasteiger partial charge < -0.3 is 14.2 Å². The molecule has 6 nitrogen and oxygen atoms in total. The molecule has 152 valence electrons. The lowest BCUT2D eigenvalue weighted by molar-refractivity contribution is -0.122. The number of thioether (sulfide) groups is 1. The summed E-state index contributed by atoms with van der Waals surface area (Å²) in [5.74, 6) is 1.17. The second kappa shape index (κ2) is 10.1. The number of hydrogen-bond donors (Lipinski definition) is 0. The van der Waals surface area contributed by atoms with Crippen molar-refractivity contribution in [1.29, 1.82) is 0 Å². The Labute approximate surface area is 175 Å². The summed E-state index contributed by atoms with van der Waals surface area (Å²) in [5, 5.41) is 0.646. The summed E-state index contributed by atoms with van der Waals surface area (Å²) in [6, 6.07) is 15.2. The number of methoxy groups -OCH3 is 2. The lowest BCUT2D eigenvalue weighted by Crippen LogP contribution is -2.32. The van der Waals surface area contributed by atoms with E-state index in [1.54, 1.807) is 19.1 Å². The predicted octanol–water partition coefficient (Wildman–Crippen LogP) is 4.34. The van der Waals surface area contributed by atoms with Crippen molar-refractivity contribution in [2.45, 2.75) is 6.92 Å². The molecular weight excluding hydrogens is 388 g/mol. The minimum atomic E-state index is -0.0841. The van der Waals surface area contributed by atoms with E-state index in [1.165, 1.54) is 11.8 Å². The van der Waals surface area contributed by atoms with Gasteiger partial charge in [0.1, 0.15) is 0 Å². The Bertz CT molecular complexity index is 912. The number of para-hydroxylation sites is 1. The van der Waals surface area contributed by atoms with Crippen LogP contribution in [0.4, 0.5) is 5.69 Å². The highest BCUT2D eigenvalue weighted by Gasteiger charge is 2.33. The number of hydrogen-bond acceptors (Lipinski definition) is 6. The van der Waals surface area contributed by atoms with Gasteiger partial charge in [0.15, 0.2) is 16.7 Å². The fourth-order valence-corrected chi connectivity index (χ4v) is 3.82. The Morgan fingerprint density at radius 1 is 1.07 bits per heavy atom. The highest BCUT2D eigenvalue weighted by atomic mass is 32.2. The van der Waals surface area contributed by atoms with Gasteiger partial charge in [0.2, 0.25) is 0 Å². The molecule has 1 fully saturated rings. The van der Waals surface area contributed by atoms with Crippen molar-refractivity contribution < 1.29 is 19.0 Å². The number of benzene rings is 2. The van der Waals surface area contributed by atoms with Gasteiger partial charge in [0.05, 0.1) is 38.0 Å². The van der Waals surface area contributed by atoms with Crippen LogP contribution in [0.3, 0.4) is 0 Å². The van der Waals surface area contributed by atoms with E-state index in [2.05, 4.69) is 4.99 Å². The summed E-state index contributed by atoms with van der Waals surface area (Å²) in [6.45, 7) is 3.45. The number of nitrogens with zero attached hydrogens (tertiary/aromatic N) is 2. The molecule has 0 atom stereocenters. The van der Waals surface area contributed by atoms with Crippen LogP contribution in [-0.2, 0) is 9.53 Å². The molecule has 0 spiro atoms. The van der Waals surface area contributed by atoms with Crippen LogP contribution in [0.2, 0.25) is 0 Å². The van der Waals surface area contributed by atoms with Crippen LogP contribution in [0.25, 0.3) is 6.08 Å². The van der Waals surface area contributed by atoms with Crippen LogP contribution in [0.5, 0.6) is 11.5 Å². The van der Waals surface area contributed by atoms with E-state index in [0.717, 1.165) is 11.3 Å². The molecule has 29 heavy (non-hydrogen) atoms. The van der Waals surface area contributed by atoms with Gasteiger partial charge in [-0.05, 0) is 54.6 Å². The Morgan fingerprint density at radius 2 is 1.83 bits per heavy atom. The molecule has 1 aliphatic heterocycles. The third kappa shape index (κ3) is 5.19. The first-order chi connectivity index (χ1) is 14.2. The molecule has 1 heterocycles. The molecule has 0 bridgehead atoms. The Balaban J connectivity index is 1.91. The molecule has 3 rings (SSSR count). The van der Waals surface area contributed by atoms with Crippen LogP contribution in [0.1, 0.15) is 12.5 Å². The highest BCUT2D eigenvalue weighted by Crippen LogP contribution is 2.35. The molecule has 0 aromatic heterocycles. The van der Waals surface area contributed by atoms with Gasteiger partial charge in [0.25, 0.3) is 5.91 Å². The predicted molar refractivity (Wildman–Crippen MR) is 117 cm³/mol. The third-order valence-corrected chi connectivity index (χ3v) is 5.24. The van der Waals surface area contributed by atoms with E-state index in [4.69, 9.17) is 14.2 Å². The zero-order chi connectivity index (χ0) is 20.6. The maximum absolute atomic E-state index is 13.0. The van der Waals surface area contributed by atoms with Crippen LogP contribution < -0.4 is 9.47 Å². The first-order valence-electron chi connectivity index (χ1n) is 9.31. The average molecular weight is 413 g/mol. The Hall–Kier alpha value is -2.77. The van der Waals surface area contributed by atoms with Crippen LogP contribution >= 0.6 is 11.8 Å². The normalized spacial score (nSPS) is 16.7. The molecule has 1 aliphatic rings. The summed E-state index contributed by atoms with van der Waals surface area (Å²) < 4.78 is 16.1. The van der Waals surface area contributed by atoms with Gasteiger partial charge in [-0.2, -0.15) is 0 Å². The van der Waals surface area contributed by atoms with Crippen molar-refractivity contribution in [3.63, 3.8) is 0 Å². The van der Waals surface area contributed by atoms with E-state index in [0.29, 0.717) is 41.3 Å². The van der Waals surface area contributed by atoms with Crippen molar-refractivity contribution in [1.82, 2.24) is 4.90 Å². The van der Waals surface area contributed by atoms with Crippen molar-refractivity contribution in [2.75, 3.05) is 34.0 Å². The summed E-state index contributed by atoms with van der Waals surface area (Å²) in [7, 11) is 3.18. The summed E-state index contributed by atoms with van der Waals surface area (Å²) in [4.78, 5) is 20.0. The molecule has 2 aromatic carbocycles. The smallest absolute Gasteiger partial charge is 0.266 e. The molecule has 1 amide bonds. The second-order valence-corrected chi connectivity index (χ2v) is 7.12. The minimum Gasteiger partial charge on any atom is -0.493 e. The molecule has 1 saturated heterocycles. The SMILES string of the molecule is CCOCCN1C(=O)/C(=C/c2ccc(OC)c(OC)c2)SC1=Nc1ccccc1. The van der Waals surface area contributed by atoms with Gasteiger partial charge in [0, 0.05) is 6.61 Å². The fourth-order valence-electron chi connectivity index (χ4n) is 2.80. The molecule has 0 radical (unpaired) electrons. The maximum atomic E-state index is 13.0. The monoisotopic (exact) mass is 412 g/mol. The second-order valence-electron chi connectivity index (χ2n) is 6.11. The first-order valence-corrected chi connectivity index (χ1v) is 10.1. The van der Waals surface area contributed by atoms with Gasteiger partial charge >= 0.3 is 0 Å². The lowest BCUT2D eigenvalue weighted by atomic mass is 10.2. The van der Waals surface area contributed by atoms with Crippen molar-refractivity contribution in [2.24, 2.45) is 4.99 Å². The number of rotatable bonds is 8. The molecule has 0 unspecified atom stereocenters. The maximum Gasteiger partial charge on any atom is 0.266 e. The van der Waals surface area contributed by atoms with Crippen molar-refractivity contribution >= 4 is 34.6 Å².